The molecule has 0 radical (unpaired) electrons. The summed E-state index contributed by atoms with van der Waals surface area (Å²) in [5.74, 6) is -19.2. The van der Waals surface area contributed by atoms with Crippen molar-refractivity contribution in [3.63, 3.8) is 0 Å². The van der Waals surface area contributed by atoms with Crippen molar-refractivity contribution < 1.29 is 39.5 Å². The van der Waals surface area contributed by atoms with Gasteiger partial charge in [-0.25, -0.2) is 0 Å². The molecule has 0 rings (SSSR count). The summed E-state index contributed by atoms with van der Waals surface area (Å²) < 4.78 is 112. The first kappa shape index (κ1) is 18.3. The van der Waals surface area contributed by atoms with E-state index in [1.165, 1.54) is 6.92 Å². The van der Waals surface area contributed by atoms with Crippen molar-refractivity contribution in [3.05, 3.63) is 0 Å². The van der Waals surface area contributed by atoms with Gasteiger partial charge in [0, 0.05) is 0 Å². The lowest BCUT2D eigenvalue weighted by Gasteiger charge is -2.36. The van der Waals surface area contributed by atoms with E-state index >= 15 is 0 Å². The van der Waals surface area contributed by atoms with Crippen molar-refractivity contribution in [2.24, 2.45) is 5.73 Å². The summed E-state index contributed by atoms with van der Waals surface area (Å²) in [6.07, 6.45) is -7.47. The van der Waals surface area contributed by atoms with Crippen LogP contribution in [0.25, 0.3) is 0 Å². The van der Waals surface area contributed by atoms with Gasteiger partial charge in [-0.05, 0) is 6.42 Å². The molecule has 2 N–H and O–H groups in total. The molecule has 0 spiro atoms. The summed E-state index contributed by atoms with van der Waals surface area (Å²) in [5, 5.41) is 0. The van der Waals surface area contributed by atoms with Crippen LogP contribution in [0, 0.1) is 0 Å². The molecule has 0 aromatic heterocycles. The topological polar surface area (TPSA) is 26.0 Å². The van der Waals surface area contributed by atoms with E-state index in [2.05, 4.69) is 5.73 Å². The molecule has 1 atom stereocenters. The van der Waals surface area contributed by atoms with Gasteiger partial charge in [-0.15, -0.1) is 0 Å². The van der Waals surface area contributed by atoms with Crippen LogP contribution in [0.3, 0.4) is 0 Å². The van der Waals surface area contributed by atoms with Gasteiger partial charge in [0.05, 0.1) is 6.04 Å². The maximum Gasteiger partial charge on any atom is 0.460 e. The zero-order valence-corrected chi connectivity index (χ0v) is 9.68. The maximum atomic E-state index is 13.1. The van der Waals surface area contributed by atoms with Crippen molar-refractivity contribution in [1.29, 1.82) is 0 Å². The summed E-state index contributed by atoms with van der Waals surface area (Å²) in [7, 11) is 0. The Kier molecular flexibility index (Phi) is 5.18. The quantitative estimate of drug-likeness (QED) is 0.738. The molecule has 10 heteroatoms. The Morgan fingerprint density at radius 1 is 0.842 bits per heavy atom. The molecule has 0 heterocycles. The fourth-order valence-corrected chi connectivity index (χ4v) is 1.23. The number of unbranched alkanes of at least 4 members (excludes halogenated alkanes) is 1. The third kappa shape index (κ3) is 3.09. The maximum absolute atomic E-state index is 13.1. The molecule has 0 fully saturated rings. The summed E-state index contributed by atoms with van der Waals surface area (Å²) >= 11 is 0. The van der Waals surface area contributed by atoms with Gasteiger partial charge in [0.25, 0.3) is 0 Å². The molecule has 1 unspecified atom stereocenters. The fraction of sp³-hybridized carbons (Fsp3) is 1.00. The van der Waals surface area contributed by atoms with E-state index in [1.54, 1.807) is 0 Å². The molecule has 0 aliphatic carbocycles. The first-order chi connectivity index (χ1) is 8.23. The van der Waals surface area contributed by atoms with E-state index < -0.39 is 36.4 Å². The Hall–Kier alpha value is -0.670. The van der Waals surface area contributed by atoms with Gasteiger partial charge in [-0.1, -0.05) is 19.8 Å². The predicted octanol–water partition coefficient (Wildman–Crippen LogP) is 3.97. The molecule has 0 saturated heterocycles. The van der Waals surface area contributed by atoms with Crippen LogP contribution in [0.4, 0.5) is 39.5 Å². The molecule has 116 valence electrons. The Morgan fingerprint density at radius 3 is 1.58 bits per heavy atom. The van der Waals surface area contributed by atoms with Gasteiger partial charge < -0.3 is 5.73 Å². The summed E-state index contributed by atoms with van der Waals surface area (Å²) in [6, 6.07) is -2.80. The Bertz CT molecular complexity index is 297. The van der Waals surface area contributed by atoms with Crippen molar-refractivity contribution in [2.75, 3.05) is 0 Å². The molecular formula is C9H12F9N. The lowest BCUT2D eigenvalue weighted by molar-refractivity contribution is -0.398. The number of halogens is 9. The van der Waals surface area contributed by atoms with E-state index in [4.69, 9.17) is 0 Å². The minimum atomic E-state index is -6.87. The highest BCUT2D eigenvalue weighted by molar-refractivity contribution is 5.04. The zero-order chi connectivity index (χ0) is 15.7. The lowest BCUT2D eigenvalue weighted by atomic mass is 9.94. The second kappa shape index (κ2) is 5.37. The first-order valence-corrected chi connectivity index (χ1v) is 5.19. The minimum Gasteiger partial charge on any atom is -0.322 e. The number of nitrogens with two attached hydrogens (primary N) is 1. The van der Waals surface area contributed by atoms with E-state index in [0.717, 1.165) is 0 Å². The molecule has 1 nitrogen and oxygen atoms in total. The SMILES string of the molecule is CCCCC(N)C(F)(F)C(F)(F)C(F)(F)C(F)(F)F. The van der Waals surface area contributed by atoms with Crippen LogP contribution >= 0.6 is 0 Å². The number of hydrogen-bond donors (Lipinski definition) is 1. The van der Waals surface area contributed by atoms with Crippen LogP contribution in [0.15, 0.2) is 0 Å². The van der Waals surface area contributed by atoms with Crippen LogP contribution < -0.4 is 5.73 Å². The van der Waals surface area contributed by atoms with Gasteiger partial charge in [0.1, 0.15) is 0 Å². The van der Waals surface area contributed by atoms with Crippen molar-refractivity contribution in [2.45, 2.75) is 56.2 Å². The molecule has 0 aromatic rings. The molecule has 0 aliphatic heterocycles. The van der Waals surface area contributed by atoms with Crippen LogP contribution in [0.1, 0.15) is 26.2 Å². The summed E-state index contributed by atoms with van der Waals surface area (Å²) in [6.45, 7) is 1.48. The highest BCUT2D eigenvalue weighted by atomic mass is 19.4. The number of alkyl halides is 9. The average Bonchev–Trinajstić information content (AvgIpc) is 2.23. The van der Waals surface area contributed by atoms with Gasteiger partial charge >= 0.3 is 23.9 Å². The van der Waals surface area contributed by atoms with E-state index in [9.17, 15) is 39.5 Å². The van der Waals surface area contributed by atoms with E-state index in [-0.39, 0.29) is 12.8 Å². The van der Waals surface area contributed by atoms with Crippen LogP contribution in [-0.4, -0.2) is 30.0 Å². The zero-order valence-electron chi connectivity index (χ0n) is 9.68. The van der Waals surface area contributed by atoms with Crippen LogP contribution in [0.2, 0.25) is 0 Å². The highest BCUT2D eigenvalue weighted by Crippen LogP contribution is 2.54. The van der Waals surface area contributed by atoms with Crippen molar-refractivity contribution in [1.82, 2.24) is 0 Å². The van der Waals surface area contributed by atoms with E-state index in [1.807, 2.05) is 0 Å². The third-order valence-corrected chi connectivity index (χ3v) is 2.50. The van der Waals surface area contributed by atoms with Gasteiger partial charge in [-0.2, -0.15) is 39.5 Å². The molecule has 0 aromatic carbocycles. The lowest BCUT2D eigenvalue weighted by Crippen LogP contribution is -2.65. The fourth-order valence-electron chi connectivity index (χ4n) is 1.23. The minimum absolute atomic E-state index is 0.107. The smallest absolute Gasteiger partial charge is 0.322 e. The predicted molar refractivity (Wildman–Crippen MR) is 48.4 cm³/mol. The van der Waals surface area contributed by atoms with Gasteiger partial charge in [0.15, 0.2) is 0 Å². The Morgan fingerprint density at radius 2 is 1.26 bits per heavy atom. The first-order valence-electron chi connectivity index (χ1n) is 5.19. The number of rotatable bonds is 6. The third-order valence-electron chi connectivity index (χ3n) is 2.50. The monoisotopic (exact) mass is 305 g/mol. The molecule has 0 amide bonds. The largest absolute Gasteiger partial charge is 0.460 e. The van der Waals surface area contributed by atoms with Crippen molar-refractivity contribution >= 4 is 0 Å². The van der Waals surface area contributed by atoms with E-state index in [0.29, 0.717) is 0 Å². The molecule has 0 bridgehead atoms. The molecule has 19 heavy (non-hydrogen) atoms. The molecular weight excluding hydrogens is 293 g/mol. The summed E-state index contributed by atoms with van der Waals surface area (Å²) in [5.41, 5.74) is 4.63. The van der Waals surface area contributed by atoms with Crippen LogP contribution in [0.5, 0.6) is 0 Å². The van der Waals surface area contributed by atoms with Crippen LogP contribution in [-0.2, 0) is 0 Å². The number of hydrogen-bond acceptors (Lipinski definition) is 1. The average molecular weight is 305 g/mol. The normalized spacial score (nSPS) is 16.6. The second-order valence-electron chi connectivity index (χ2n) is 4.02. The highest BCUT2D eigenvalue weighted by Gasteiger charge is 2.82. The Labute approximate surface area is 102 Å². The summed E-state index contributed by atoms with van der Waals surface area (Å²) in [4.78, 5) is 0. The van der Waals surface area contributed by atoms with Crippen molar-refractivity contribution in [3.8, 4) is 0 Å². The standard InChI is InChI=1S/C9H12F9N/c1-2-3-4-5(19)6(10,11)7(12,13)8(14,15)9(16,17)18/h5H,2-4,19H2,1H3. The van der Waals surface area contributed by atoms with Gasteiger partial charge in [-0.3, -0.25) is 0 Å². The molecule has 0 saturated carbocycles. The Balaban J connectivity index is 5.38. The molecule has 0 aliphatic rings. The van der Waals surface area contributed by atoms with Gasteiger partial charge in [0.2, 0.25) is 0 Å². The second-order valence-corrected chi connectivity index (χ2v) is 4.02.